The number of quaternary nitrogens is 1. The van der Waals surface area contributed by atoms with Crippen molar-refractivity contribution in [2.75, 3.05) is 40.9 Å². The van der Waals surface area contributed by atoms with Crippen LogP contribution in [0.4, 0.5) is 0 Å². The van der Waals surface area contributed by atoms with Gasteiger partial charge in [-0.05, 0) is 57.4 Å². The molecule has 0 aromatic carbocycles. The van der Waals surface area contributed by atoms with Crippen LogP contribution in [0.3, 0.4) is 0 Å². The van der Waals surface area contributed by atoms with Crippen LogP contribution in [0.15, 0.2) is 36.5 Å². The van der Waals surface area contributed by atoms with Crippen molar-refractivity contribution < 1.29 is 37.3 Å². The summed E-state index contributed by atoms with van der Waals surface area (Å²) in [5, 5.41) is 3.01. The molecule has 0 rings (SSSR count). The predicted octanol–water partition coefficient (Wildman–Crippen LogP) is 16.1. The molecule has 9 nitrogen and oxygen atoms in total. The molecular formula is C57H109N2O7P. The largest absolute Gasteiger partial charge is 0.756 e. The summed E-state index contributed by atoms with van der Waals surface area (Å²) in [7, 11) is 1.18. The molecule has 0 aliphatic carbocycles. The summed E-state index contributed by atoms with van der Waals surface area (Å²) in [5.41, 5.74) is 0. The van der Waals surface area contributed by atoms with Crippen LogP contribution in [-0.4, -0.2) is 69.4 Å². The molecule has 0 saturated carbocycles. The number of unbranched alkanes of at least 4 members (excludes halogenated alkanes) is 32. The Morgan fingerprint density at radius 3 is 1.34 bits per heavy atom. The van der Waals surface area contributed by atoms with Gasteiger partial charge in [0.05, 0.1) is 33.8 Å². The fraction of sp³-hybridized carbons (Fsp3) is 0.860. The first-order valence-corrected chi connectivity index (χ1v) is 29.8. The van der Waals surface area contributed by atoms with E-state index in [4.69, 9.17) is 13.8 Å². The van der Waals surface area contributed by atoms with E-state index < -0.39 is 20.0 Å². The second kappa shape index (κ2) is 47.9. The molecule has 0 bridgehead atoms. The van der Waals surface area contributed by atoms with Crippen LogP contribution in [-0.2, 0) is 27.9 Å². The van der Waals surface area contributed by atoms with E-state index in [2.05, 4.69) is 50.4 Å². The third-order valence-corrected chi connectivity index (χ3v) is 13.6. The number of nitrogens with zero attached hydrogens (tertiary/aromatic N) is 1. The van der Waals surface area contributed by atoms with Crippen molar-refractivity contribution >= 4 is 19.7 Å². The van der Waals surface area contributed by atoms with E-state index in [0.717, 1.165) is 83.5 Å². The van der Waals surface area contributed by atoms with Crippen LogP contribution in [0.25, 0.3) is 0 Å². The second-order valence-electron chi connectivity index (χ2n) is 20.5. The summed E-state index contributed by atoms with van der Waals surface area (Å²) >= 11 is 0. The highest BCUT2D eigenvalue weighted by Gasteiger charge is 2.27. The van der Waals surface area contributed by atoms with Crippen molar-refractivity contribution in [2.45, 2.75) is 277 Å². The Morgan fingerprint density at radius 2 is 0.896 bits per heavy atom. The fourth-order valence-electron chi connectivity index (χ4n) is 8.16. The van der Waals surface area contributed by atoms with E-state index in [1.165, 1.54) is 148 Å². The minimum atomic E-state index is -4.69. The Hall–Kier alpha value is -1.77. The monoisotopic (exact) mass is 965 g/mol. The average molecular weight is 965 g/mol. The lowest BCUT2D eigenvalue weighted by molar-refractivity contribution is -0.870. The number of ether oxygens (including phenoxy) is 1. The molecule has 0 aliphatic heterocycles. The Bertz CT molecular complexity index is 1250. The number of phosphoric acid groups is 1. The van der Waals surface area contributed by atoms with E-state index in [1.807, 2.05) is 33.3 Å². The van der Waals surface area contributed by atoms with E-state index >= 15 is 0 Å². The Morgan fingerprint density at radius 1 is 0.522 bits per heavy atom. The van der Waals surface area contributed by atoms with Gasteiger partial charge in [0, 0.05) is 12.8 Å². The van der Waals surface area contributed by atoms with Gasteiger partial charge in [-0.1, -0.05) is 231 Å². The quantitative estimate of drug-likeness (QED) is 0.0161. The molecule has 1 amide bonds. The summed E-state index contributed by atoms with van der Waals surface area (Å²) in [5.74, 6) is -0.546. The van der Waals surface area contributed by atoms with Crippen molar-refractivity contribution in [1.82, 2.24) is 5.32 Å². The number of likely N-dealkylation sites (N-methyl/N-ethyl adjacent to an activating group) is 1. The van der Waals surface area contributed by atoms with Crippen molar-refractivity contribution in [2.24, 2.45) is 0 Å². The Labute approximate surface area is 415 Å². The van der Waals surface area contributed by atoms with Gasteiger partial charge in [-0.2, -0.15) is 0 Å². The second-order valence-corrected chi connectivity index (χ2v) is 21.9. The molecule has 394 valence electrons. The minimum Gasteiger partial charge on any atom is -0.756 e. The maximum Gasteiger partial charge on any atom is 0.306 e. The molecule has 0 heterocycles. The van der Waals surface area contributed by atoms with E-state index in [0.29, 0.717) is 17.4 Å². The maximum absolute atomic E-state index is 13.5. The van der Waals surface area contributed by atoms with Gasteiger partial charge in [0.15, 0.2) is 0 Å². The molecule has 67 heavy (non-hydrogen) atoms. The summed E-state index contributed by atoms with van der Waals surface area (Å²) < 4.78 is 30.2. The number of amides is 1. The summed E-state index contributed by atoms with van der Waals surface area (Å²) in [4.78, 5) is 39.8. The summed E-state index contributed by atoms with van der Waals surface area (Å²) in [6.07, 6.45) is 55.2. The lowest BCUT2D eigenvalue weighted by Gasteiger charge is -2.30. The number of phosphoric ester groups is 1. The fourth-order valence-corrected chi connectivity index (χ4v) is 8.88. The molecule has 0 fully saturated rings. The normalized spacial score (nSPS) is 14.1. The van der Waals surface area contributed by atoms with Crippen molar-refractivity contribution in [3.05, 3.63) is 36.5 Å². The zero-order valence-corrected chi connectivity index (χ0v) is 45.8. The van der Waals surface area contributed by atoms with Gasteiger partial charge in [0.2, 0.25) is 5.91 Å². The van der Waals surface area contributed by atoms with Crippen LogP contribution < -0.4 is 10.2 Å². The lowest BCUT2D eigenvalue weighted by Crippen LogP contribution is -2.47. The molecule has 0 aliphatic rings. The standard InChI is InChI=1S/C57H109N2O7P/c1-7-10-13-16-19-22-25-28-30-31-34-37-40-43-46-49-56(60)58-54(53-65-67(62,63)64-52-51-59(4,5)6)55(48-45-42-39-36-33-27-24-21-18-15-12-9-3)66-57(61)50-47-44-41-38-35-32-29-26-23-20-17-14-11-8-2/h19,22,25,28,45,48,54-55H,7-18,20-21,23-24,26-27,29-44,46-47,49-53H2,1-6H3,(H-,58,60,62,63)/b22-19+,28-25+,48-45+. The Balaban J connectivity index is 5.37. The van der Waals surface area contributed by atoms with Gasteiger partial charge in [-0.3, -0.25) is 14.2 Å². The van der Waals surface area contributed by atoms with Gasteiger partial charge in [-0.15, -0.1) is 0 Å². The van der Waals surface area contributed by atoms with Crippen LogP contribution in [0, 0.1) is 0 Å². The first-order chi connectivity index (χ1) is 32.4. The average Bonchev–Trinajstić information content (AvgIpc) is 3.28. The number of rotatable bonds is 51. The molecule has 0 radical (unpaired) electrons. The molecule has 0 aromatic rings. The van der Waals surface area contributed by atoms with Crippen LogP contribution in [0.2, 0.25) is 0 Å². The third-order valence-electron chi connectivity index (χ3n) is 12.6. The zero-order chi connectivity index (χ0) is 49.4. The third kappa shape index (κ3) is 49.0. The molecule has 3 atom stereocenters. The van der Waals surface area contributed by atoms with Crippen molar-refractivity contribution in [1.29, 1.82) is 0 Å². The lowest BCUT2D eigenvalue weighted by atomic mass is 10.0. The SMILES string of the molecule is CCCCC/C=C/C=C/CCCCCCCCC(=O)NC(COP(=O)([O-])OCC[N+](C)(C)C)C(/C=C/CCCCCCCCCCCC)OC(=O)CCCCCCCCCCCCCCCC. The smallest absolute Gasteiger partial charge is 0.306 e. The predicted molar refractivity (Wildman–Crippen MR) is 284 cm³/mol. The van der Waals surface area contributed by atoms with Gasteiger partial charge >= 0.3 is 5.97 Å². The first kappa shape index (κ1) is 65.2. The van der Waals surface area contributed by atoms with Gasteiger partial charge < -0.3 is 28.5 Å². The van der Waals surface area contributed by atoms with Gasteiger partial charge in [0.25, 0.3) is 7.82 Å². The molecule has 10 heteroatoms. The summed E-state index contributed by atoms with van der Waals surface area (Å²) in [6.45, 7) is 6.81. The first-order valence-electron chi connectivity index (χ1n) is 28.3. The maximum atomic E-state index is 13.5. The number of carbonyl (C=O) groups is 2. The van der Waals surface area contributed by atoms with Crippen LogP contribution in [0.1, 0.15) is 265 Å². The van der Waals surface area contributed by atoms with Crippen molar-refractivity contribution in [3.8, 4) is 0 Å². The number of allylic oxidation sites excluding steroid dienone is 5. The van der Waals surface area contributed by atoms with Crippen molar-refractivity contribution in [3.63, 3.8) is 0 Å². The number of esters is 1. The van der Waals surface area contributed by atoms with Gasteiger partial charge in [0.1, 0.15) is 19.3 Å². The van der Waals surface area contributed by atoms with Crippen LogP contribution in [0.5, 0.6) is 0 Å². The van der Waals surface area contributed by atoms with Crippen LogP contribution >= 0.6 is 7.82 Å². The Kier molecular flexibility index (Phi) is 46.6. The van der Waals surface area contributed by atoms with E-state index in [9.17, 15) is 19.0 Å². The topological polar surface area (TPSA) is 114 Å². The molecule has 0 saturated heterocycles. The number of hydrogen-bond donors (Lipinski definition) is 1. The molecule has 3 unspecified atom stereocenters. The zero-order valence-electron chi connectivity index (χ0n) is 44.9. The van der Waals surface area contributed by atoms with E-state index in [1.54, 1.807) is 0 Å². The number of carbonyl (C=O) groups excluding carboxylic acids is 2. The molecule has 0 aromatic heterocycles. The molecule has 0 spiro atoms. The van der Waals surface area contributed by atoms with Gasteiger partial charge in [-0.25, -0.2) is 0 Å². The highest BCUT2D eigenvalue weighted by atomic mass is 31.2. The minimum absolute atomic E-state index is 0.0229. The highest BCUT2D eigenvalue weighted by molar-refractivity contribution is 7.45. The molecule has 1 N–H and O–H groups in total. The number of nitrogens with one attached hydrogen (secondary N) is 1. The number of hydrogen-bond acceptors (Lipinski definition) is 7. The van der Waals surface area contributed by atoms with E-state index in [-0.39, 0.29) is 31.5 Å². The molecular weight excluding hydrogens is 856 g/mol. The highest BCUT2D eigenvalue weighted by Crippen LogP contribution is 2.38. The summed E-state index contributed by atoms with van der Waals surface area (Å²) in [6, 6.07) is -0.889.